The number of rotatable bonds is 8. The van der Waals surface area contributed by atoms with Gasteiger partial charge < -0.3 is 19.0 Å². The van der Waals surface area contributed by atoms with Crippen LogP contribution in [0.3, 0.4) is 0 Å². The fraction of sp³-hybridized carbons (Fsp3) is 0.0877. The summed E-state index contributed by atoms with van der Waals surface area (Å²) in [5, 5.41) is 9.48. The molecule has 0 N–H and O–H groups in total. The Labute approximate surface area is 355 Å². The molecule has 0 aliphatic heterocycles. The Kier molecular flexibility index (Phi) is 8.57. The molecule has 1 heterocycles. The van der Waals surface area contributed by atoms with Crippen molar-refractivity contribution in [3.63, 3.8) is 0 Å². The number of furan rings is 1. The third-order valence-electron chi connectivity index (χ3n) is 12.5. The summed E-state index contributed by atoms with van der Waals surface area (Å²) in [6.07, 6.45) is 0. The van der Waals surface area contributed by atoms with Crippen molar-refractivity contribution in [1.82, 2.24) is 0 Å². The fourth-order valence-electron chi connectivity index (χ4n) is 9.47. The summed E-state index contributed by atoms with van der Waals surface area (Å²) in [6.45, 7) is 8.50. The molecule has 0 saturated heterocycles. The van der Waals surface area contributed by atoms with Crippen LogP contribution in [0.1, 0.15) is 22.3 Å². The van der Waals surface area contributed by atoms with Gasteiger partial charge in [-0.1, -0.05) is 132 Å². The van der Waals surface area contributed by atoms with Gasteiger partial charge in [0.25, 0.3) is 0 Å². The van der Waals surface area contributed by atoms with Gasteiger partial charge >= 0.3 is 0 Å². The minimum Gasteiger partial charge on any atom is -0.496 e. The zero-order valence-electron chi connectivity index (χ0n) is 35.0. The molecule has 11 rings (SSSR count). The molecule has 61 heavy (non-hydrogen) atoms. The van der Waals surface area contributed by atoms with E-state index in [9.17, 15) is 0 Å². The minimum atomic E-state index is 0.875. The van der Waals surface area contributed by atoms with E-state index in [1.165, 1.54) is 43.4 Å². The third kappa shape index (κ3) is 5.90. The first-order chi connectivity index (χ1) is 29.9. The molecule has 0 bridgehead atoms. The van der Waals surface area contributed by atoms with E-state index >= 15 is 0 Å². The summed E-state index contributed by atoms with van der Waals surface area (Å²) in [6, 6.07) is 64.1. The maximum atomic E-state index is 6.82. The topological polar surface area (TPSA) is 28.9 Å². The number of nitrogens with zero attached hydrogens (tertiary/aromatic N) is 2. The molecule has 0 unspecified atom stereocenters. The lowest BCUT2D eigenvalue weighted by Crippen LogP contribution is -2.12. The number of hydrogen-bond donors (Lipinski definition) is 0. The predicted molar refractivity (Wildman–Crippen MR) is 258 cm³/mol. The second-order valence-corrected chi connectivity index (χ2v) is 16.3. The van der Waals surface area contributed by atoms with Crippen LogP contribution in [0.4, 0.5) is 34.1 Å². The minimum absolute atomic E-state index is 0.875. The van der Waals surface area contributed by atoms with Gasteiger partial charge in [0.2, 0.25) is 0 Å². The number of ether oxygens (including phenoxy) is 1. The van der Waals surface area contributed by atoms with Crippen molar-refractivity contribution in [2.75, 3.05) is 16.9 Å². The average Bonchev–Trinajstić information content (AvgIpc) is 3.68. The maximum absolute atomic E-state index is 6.82. The zero-order chi connectivity index (χ0) is 41.4. The van der Waals surface area contributed by atoms with Crippen molar-refractivity contribution in [3.8, 4) is 16.9 Å². The molecule has 4 heteroatoms. The van der Waals surface area contributed by atoms with E-state index in [2.05, 4.69) is 213 Å². The normalized spacial score (nSPS) is 11.7. The monoisotopic (exact) mass is 788 g/mol. The number of hydrogen-bond acceptors (Lipinski definition) is 4. The van der Waals surface area contributed by atoms with E-state index in [-0.39, 0.29) is 0 Å². The van der Waals surface area contributed by atoms with Crippen molar-refractivity contribution in [2.45, 2.75) is 27.7 Å². The molecule has 1 aromatic heterocycles. The summed E-state index contributed by atoms with van der Waals surface area (Å²) in [4.78, 5) is 4.79. The number of anilines is 6. The van der Waals surface area contributed by atoms with E-state index in [0.717, 1.165) is 84.1 Å². The largest absolute Gasteiger partial charge is 0.496 e. The zero-order valence-corrected chi connectivity index (χ0v) is 35.0. The quantitative estimate of drug-likeness (QED) is 0.143. The summed E-state index contributed by atoms with van der Waals surface area (Å²) in [5.41, 5.74) is 15.1. The Morgan fingerprint density at radius 1 is 0.410 bits per heavy atom. The van der Waals surface area contributed by atoms with Crippen molar-refractivity contribution in [1.29, 1.82) is 0 Å². The number of methoxy groups -OCH3 is 1. The van der Waals surface area contributed by atoms with E-state index < -0.39 is 0 Å². The van der Waals surface area contributed by atoms with Crippen LogP contribution in [0.25, 0.3) is 65.4 Å². The molecule has 0 radical (unpaired) electrons. The van der Waals surface area contributed by atoms with Gasteiger partial charge in [-0.3, -0.25) is 0 Å². The average molecular weight is 789 g/mol. The van der Waals surface area contributed by atoms with E-state index in [1.807, 2.05) is 0 Å². The van der Waals surface area contributed by atoms with Crippen LogP contribution >= 0.6 is 0 Å². The SMILES string of the molecule is COc1c(C)cccc1-c1cccc(N(c2ccc(C)cc2)c2ccc3ccc4c(N(c5ccc(C)cc5)c5cccc6c5oc5c(C)cccc56)ccc5ccc2c3c54)c1. The highest BCUT2D eigenvalue weighted by Crippen LogP contribution is 2.49. The lowest BCUT2D eigenvalue weighted by molar-refractivity contribution is 0.413. The smallest absolute Gasteiger partial charge is 0.159 e. The van der Waals surface area contributed by atoms with Gasteiger partial charge in [0, 0.05) is 44.2 Å². The van der Waals surface area contributed by atoms with E-state index in [1.54, 1.807) is 7.11 Å². The Morgan fingerprint density at radius 2 is 0.951 bits per heavy atom. The lowest BCUT2D eigenvalue weighted by Gasteiger charge is -2.29. The van der Waals surface area contributed by atoms with Crippen LogP contribution in [0.2, 0.25) is 0 Å². The molecule has 11 aromatic rings. The van der Waals surface area contributed by atoms with Gasteiger partial charge in [-0.15, -0.1) is 0 Å². The number of benzene rings is 10. The summed E-state index contributed by atoms with van der Waals surface area (Å²) in [7, 11) is 1.75. The lowest BCUT2D eigenvalue weighted by atomic mass is 9.91. The second-order valence-electron chi connectivity index (χ2n) is 16.3. The molecule has 0 saturated carbocycles. The van der Waals surface area contributed by atoms with Crippen LogP contribution < -0.4 is 14.5 Å². The second kappa shape index (κ2) is 14.3. The molecular formula is C57H44N2O2. The molecule has 0 atom stereocenters. The summed E-state index contributed by atoms with van der Waals surface area (Å²) < 4.78 is 12.8. The molecule has 0 amide bonds. The predicted octanol–water partition coefficient (Wildman–Crippen LogP) is 16.3. The van der Waals surface area contributed by atoms with Crippen molar-refractivity contribution < 1.29 is 9.15 Å². The first-order valence-corrected chi connectivity index (χ1v) is 21.0. The third-order valence-corrected chi connectivity index (χ3v) is 12.5. The van der Waals surface area contributed by atoms with Crippen LogP contribution in [0.15, 0.2) is 180 Å². The Hall–Kier alpha value is -7.56. The van der Waals surface area contributed by atoms with Gasteiger partial charge in [0.15, 0.2) is 5.58 Å². The van der Waals surface area contributed by atoms with Crippen LogP contribution in [0, 0.1) is 27.7 Å². The fourth-order valence-corrected chi connectivity index (χ4v) is 9.47. The van der Waals surface area contributed by atoms with Crippen LogP contribution in [0.5, 0.6) is 5.75 Å². The Balaban J connectivity index is 1.16. The molecule has 0 fully saturated rings. The first-order valence-electron chi connectivity index (χ1n) is 21.0. The highest BCUT2D eigenvalue weighted by atomic mass is 16.5. The molecule has 0 aliphatic carbocycles. The van der Waals surface area contributed by atoms with Gasteiger partial charge in [0.1, 0.15) is 11.3 Å². The molecule has 294 valence electrons. The van der Waals surface area contributed by atoms with Gasteiger partial charge in [-0.2, -0.15) is 0 Å². The van der Waals surface area contributed by atoms with Gasteiger partial charge in [-0.25, -0.2) is 0 Å². The van der Waals surface area contributed by atoms with Gasteiger partial charge in [0.05, 0.1) is 24.2 Å². The highest BCUT2D eigenvalue weighted by molar-refractivity contribution is 6.28. The first kappa shape index (κ1) is 36.5. The molecule has 0 aliphatic rings. The number of aryl methyl sites for hydroxylation is 4. The molecule has 4 nitrogen and oxygen atoms in total. The number of para-hydroxylation sites is 3. The molecule has 10 aromatic carbocycles. The van der Waals surface area contributed by atoms with Crippen molar-refractivity contribution in [3.05, 3.63) is 198 Å². The Morgan fingerprint density at radius 3 is 1.61 bits per heavy atom. The van der Waals surface area contributed by atoms with Crippen molar-refractivity contribution in [2.24, 2.45) is 0 Å². The van der Waals surface area contributed by atoms with E-state index in [4.69, 9.17) is 9.15 Å². The molecular weight excluding hydrogens is 745 g/mol. The maximum Gasteiger partial charge on any atom is 0.159 e. The number of fused-ring (bicyclic) bond motifs is 3. The van der Waals surface area contributed by atoms with E-state index in [0.29, 0.717) is 0 Å². The van der Waals surface area contributed by atoms with Crippen molar-refractivity contribution >= 4 is 88.4 Å². The molecule has 0 spiro atoms. The highest BCUT2D eigenvalue weighted by Gasteiger charge is 2.24. The summed E-state index contributed by atoms with van der Waals surface area (Å²) >= 11 is 0. The summed E-state index contributed by atoms with van der Waals surface area (Å²) in [5.74, 6) is 0.895. The van der Waals surface area contributed by atoms with Gasteiger partial charge in [-0.05, 0) is 121 Å². The van der Waals surface area contributed by atoms with Crippen LogP contribution in [-0.2, 0) is 0 Å². The van der Waals surface area contributed by atoms with Crippen LogP contribution in [-0.4, -0.2) is 7.11 Å². The Bertz CT molecular complexity index is 3450. The standard InChI is InChI=1S/C57H44N2O2/c1-35-18-26-42(27-19-35)58(44-13-8-12-41(34-44)45-14-6-10-37(3)55(45)60-5)50-32-24-39-23-31-49-51(33-25-40-22-30-48(50)53(39)54(40)49)59(43-28-20-36(2)21-29-43)52-17-9-16-47-46-15-7-11-38(4)56(46)61-57(47)52/h6-34H,1-5H3.